The lowest BCUT2D eigenvalue weighted by Gasteiger charge is -2.22. The third-order valence-electron chi connectivity index (χ3n) is 5.08. The van der Waals surface area contributed by atoms with Crippen molar-refractivity contribution in [2.45, 2.75) is 46.1 Å². The van der Waals surface area contributed by atoms with Crippen LogP contribution in [0, 0.1) is 11.8 Å². The molecule has 0 bridgehead atoms. The maximum Gasteiger partial charge on any atom is 0.335 e. The number of fused-ring (bicyclic) bond motifs is 1. The minimum absolute atomic E-state index is 0.338. The number of hydrogen-bond acceptors (Lipinski definition) is 2. The van der Waals surface area contributed by atoms with Crippen molar-refractivity contribution < 1.29 is 9.90 Å². The van der Waals surface area contributed by atoms with Gasteiger partial charge in [0.1, 0.15) is 5.82 Å². The van der Waals surface area contributed by atoms with E-state index >= 15 is 0 Å². The van der Waals surface area contributed by atoms with Crippen LogP contribution in [0.3, 0.4) is 0 Å². The van der Waals surface area contributed by atoms with Gasteiger partial charge in [-0.15, -0.1) is 0 Å². The zero-order chi connectivity index (χ0) is 15.1. The summed E-state index contributed by atoms with van der Waals surface area (Å²) in [5.74, 6) is 1.50. The summed E-state index contributed by atoms with van der Waals surface area (Å²) in [5.41, 5.74) is 2.21. The molecule has 112 valence electrons. The maximum absolute atomic E-state index is 11.2. The molecule has 3 unspecified atom stereocenters. The number of carboxylic acids is 1. The van der Waals surface area contributed by atoms with Gasteiger partial charge < -0.3 is 9.67 Å². The lowest BCUT2D eigenvalue weighted by molar-refractivity contribution is 0.0697. The van der Waals surface area contributed by atoms with Gasteiger partial charge in [0.05, 0.1) is 16.6 Å². The predicted molar refractivity (Wildman–Crippen MR) is 82.7 cm³/mol. The summed E-state index contributed by atoms with van der Waals surface area (Å²) >= 11 is 0. The molecule has 1 fully saturated rings. The Morgan fingerprint density at radius 2 is 2.14 bits per heavy atom. The Morgan fingerprint density at radius 1 is 1.38 bits per heavy atom. The molecule has 1 saturated carbocycles. The van der Waals surface area contributed by atoms with Crippen LogP contribution in [0.5, 0.6) is 0 Å². The Kier molecular flexibility index (Phi) is 3.47. The molecule has 1 aromatic heterocycles. The summed E-state index contributed by atoms with van der Waals surface area (Å²) in [7, 11) is 0. The molecule has 0 spiro atoms. The Hall–Kier alpha value is -1.84. The minimum Gasteiger partial charge on any atom is -0.478 e. The topological polar surface area (TPSA) is 55.1 Å². The van der Waals surface area contributed by atoms with Gasteiger partial charge in [-0.25, -0.2) is 9.78 Å². The predicted octanol–water partition coefficient (Wildman–Crippen LogP) is 3.90. The molecule has 1 heterocycles. The third kappa shape index (κ3) is 2.23. The van der Waals surface area contributed by atoms with Crippen molar-refractivity contribution in [2.24, 2.45) is 11.8 Å². The third-order valence-corrected chi connectivity index (χ3v) is 5.08. The van der Waals surface area contributed by atoms with Crippen LogP contribution in [-0.2, 0) is 6.42 Å². The molecule has 0 radical (unpaired) electrons. The van der Waals surface area contributed by atoms with Crippen LogP contribution in [0.25, 0.3) is 11.0 Å². The van der Waals surface area contributed by atoms with Gasteiger partial charge in [-0.3, -0.25) is 0 Å². The van der Waals surface area contributed by atoms with Crippen LogP contribution in [0.1, 0.15) is 55.8 Å². The largest absolute Gasteiger partial charge is 0.478 e. The zero-order valence-corrected chi connectivity index (χ0v) is 12.8. The number of hydrogen-bond donors (Lipinski definition) is 1. The van der Waals surface area contributed by atoms with Crippen molar-refractivity contribution in [3.63, 3.8) is 0 Å². The molecule has 1 aliphatic carbocycles. The molecule has 1 aliphatic rings. The SMILES string of the molecule is CCc1nc2ccc(C(=O)O)cc2n1C1CCC(C)C1C. The first kappa shape index (κ1) is 14.1. The molecule has 3 atom stereocenters. The number of aromatic carboxylic acids is 1. The highest BCUT2D eigenvalue weighted by molar-refractivity contribution is 5.92. The second kappa shape index (κ2) is 5.17. The molecule has 1 N–H and O–H groups in total. The van der Waals surface area contributed by atoms with E-state index in [1.165, 1.54) is 6.42 Å². The number of benzene rings is 1. The van der Waals surface area contributed by atoms with E-state index in [1.54, 1.807) is 12.1 Å². The number of aryl methyl sites for hydroxylation is 1. The number of nitrogens with zero attached hydrogens (tertiary/aromatic N) is 2. The lowest BCUT2D eigenvalue weighted by Crippen LogP contribution is -2.17. The molecule has 3 rings (SSSR count). The Morgan fingerprint density at radius 3 is 2.71 bits per heavy atom. The van der Waals surface area contributed by atoms with Crippen LogP contribution in [0.15, 0.2) is 18.2 Å². The first-order chi connectivity index (χ1) is 10.0. The van der Waals surface area contributed by atoms with Gasteiger partial charge in [-0.05, 0) is 42.9 Å². The smallest absolute Gasteiger partial charge is 0.335 e. The van der Waals surface area contributed by atoms with E-state index in [0.29, 0.717) is 23.4 Å². The number of imidazole rings is 1. The van der Waals surface area contributed by atoms with Gasteiger partial charge in [0.25, 0.3) is 0 Å². The lowest BCUT2D eigenvalue weighted by atomic mass is 9.97. The Balaban J connectivity index is 2.19. The van der Waals surface area contributed by atoms with Crippen molar-refractivity contribution >= 4 is 17.0 Å². The molecule has 1 aromatic carbocycles. The minimum atomic E-state index is -0.879. The van der Waals surface area contributed by atoms with Gasteiger partial charge >= 0.3 is 5.97 Å². The molecule has 4 nitrogen and oxygen atoms in total. The van der Waals surface area contributed by atoms with Crippen molar-refractivity contribution in [2.75, 3.05) is 0 Å². The fourth-order valence-electron chi connectivity index (χ4n) is 3.60. The summed E-state index contributed by atoms with van der Waals surface area (Å²) < 4.78 is 2.30. The quantitative estimate of drug-likeness (QED) is 0.931. The van der Waals surface area contributed by atoms with Gasteiger partial charge in [0, 0.05) is 12.5 Å². The van der Waals surface area contributed by atoms with Crippen LogP contribution in [0.4, 0.5) is 0 Å². The summed E-state index contributed by atoms with van der Waals surface area (Å²) in [6, 6.07) is 5.68. The van der Waals surface area contributed by atoms with E-state index in [-0.39, 0.29) is 0 Å². The zero-order valence-electron chi connectivity index (χ0n) is 12.8. The van der Waals surface area contributed by atoms with Gasteiger partial charge in [-0.1, -0.05) is 20.8 Å². The van der Waals surface area contributed by atoms with E-state index in [4.69, 9.17) is 4.98 Å². The van der Waals surface area contributed by atoms with Crippen LogP contribution in [0.2, 0.25) is 0 Å². The van der Waals surface area contributed by atoms with E-state index in [2.05, 4.69) is 25.3 Å². The summed E-state index contributed by atoms with van der Waals surface area (Å²) in [5, 5.41) is 9.23. The highest BCUT2D eigenvalue weighted by Gasteiger charge is 2.33. The number of carbonyl (C=O) groups is 1. The van der Waals surface area contributed by atoms with Crippen molar-refractivity contribution in [3.05, 3.63) is 29.6 Å². The average molecular weight is 286 g/mol. The number of rotatable bonds is 3. The van der Waals surface area contributed by atoms with Gasteiger partial charge in [0.15, 0.2) is 0 Å². The fourth-order valence-corrected chi connectivity index (χ4v) is 3.60. The summed E-state index contributed by atoms with van der Waals surface area (Å²) in [6.07, 6.45) is 3.25. The summed E-state index contributed by atoms with van der Waals surface area (Å²) in [6.45, 7) is 6.71. The van der Waals surface area contributed by atoms with Crippen LogP contribution >= 0.6 is 0 Å². The molecule has 4 heteroatoms. The molecular formula is C17H22N2O2. The van der Waals surface area contributed by atoms with Crippen molar-refractivity contribution in [1.29, 1.82) is 0 Å². The van der Waals surface area contributed by atoms with E-state index < -0.39 is 5.97 Å². The molecule has 2 aromatic rings. The molecule has 0 aliphatic heterocycles. The molecule has 0 amide bonds. The Bertz CT molecular complexity index is 689. The van der Waals surface area contributed by atoms with Gasteiger partial charge in [-0.2, -0.15) is 0 Å². The highest BCUT2D eigenvalue weighted by Crippen LogP contribution is 2.42. The van der Waals surface area contributed by atoms with Crippen LogP contribution in [-0.4, -0.2) is 20.6 Å². The maximum atomic E-state index is 11.2. The highest BCUT2D eigenvalue weighted by atomic mass is 16.4. The second-order valence-electron chi connectivity index (χ2n) is 6.24. The number of aromatic nitrogens is 2. The van der Waals surface area contributed by atoms with E-state index in [9.17, 15) is 9.90 Å². The summed E-state index contributed by atoms with van der Waals surface area (Å²) in [4.78, 5) is 15.9. The van der Waals surface area contributed by atoms with Crippen LogP contribution < -0.4 is 0 Å². The Labute approximate surface area is 124 Å². The fraction of sp³-hybridized carbons (Fsp3) is 0.529. The van der Waals surface area contributed by atoms with E-state index in [0.717, 1.165) is 29.7 Å². The van der Waals surface area contributed by atoms with E-state index in [1.807, 2.05) is 6.07 Å². The van der Waals surface area contributed by atoms with Crippen molar-refractivity contribution in [3.8, 4) is 0 Å². The molecule has 0 saturated heterocycles. The second-order valence-corrected chi connectivity index (χ2v) is 6.24. The monoisotopic (exact) mass is 286 g/mol. The first-order valence-electron chi connectivity index (χ1n) is 7.77. The van der Waals surface area contributed by atoms with Crippen molar-refractivity contribution in [1.82, 2.24) is 9.55 Å². The molecular weight excluding hydrogens is 264 g/mol. The molecule has 21 heavy (non-hydrogen) atoms. The normalized spacial score (nSPS) is 25.6. The first-order valence-corrected chi connectivity index (χ1v) is 7.77. The average Bonchev–Trinajstić information content (AvgIpc) is 2.99. The number of carboxylic acid groups (broad SMARTS) is 1. The van der Waals surface area contributed by atoms with Gasteiger partial charge in [0.2, 0.25) is 0 Å². The standard InChI is InChI=1S/C17H22N2O2/c1-4-16-18-13-7-6-12(17(20)21)9-15(13)19(16)14-8-5-10(2)11(14)3/h6-7,9-11,14H,4-5,8H2,1-3H3,(H,20,21).